The van der Waals surface area contributed by atoms with E-state index in [0.717, 1.165) is 0 Å². The van der Waals surface area contributed by atoms with Crippen molar-refractivity contribution in [3.63, 3.8) is 0 Å². The van der Waals surface area contributed by atoms with E-state index in [0.29, 0.717) is 35.1 Å². The van der Waals surface area contributed by atoms with E-state index in [-0.39, 0.29) is 18.2 Å². The van der Waals surface area contributed by atoms with E-state index in [1.165, 1.54) is 13.2 Å². The Balaban J connectivity index is 2.12. The molecule has 0 aromatic carbocycles. The van der Waals surface area contributed by atoms with Crippen LogP contribution in [-0.2, 0) is 28.6 Å². The molecular weight excluding hydrogens is 452 g/mol. The van der Waals surface area contributed by atoms with E-state index in [1.54, 1.807) is 46.8 Å². The lowest BCUT2D eigenvalue weighted by atomic mass is 9.52. The van der Waals surface area contributed by atoms with Gasteiger partial charge in [0, 0.05) is 40.9 Å². The second kappa shape index (κ2) is 10.2. The van der Waals surface area contributed by atoms with Gasteiger partial charge in [0.2, 0.25) is 5.78 Å². The molecule has 1 aromatic heterocycles. The first-order chi connectivity index (χ1) is 16.5. The third kappa shape index (κ3) is 4.70. The van der Waals surface area contributed by atoms with Gasteiger partial charge in [0.25, 0.3) is 0 Å². The van der Waals surface area contributed by atoms with Gasteiger partial charge in [-0.2, -0.15) is 0 Å². The fourth-order valence-electron chi connectivity index (χ4n) is 5.26. The molecule has 0 aliphatic heterocycles. The standard InChI is InChI=1S/C27H34O8/c1-8-14(3)25(30)33-13-19-20(35-26(31)15(4)9-2)11-10-18-22(29)23-21(16(5)12-32-23)24(27(18,19)7)34-17(6)28/h8-9,12,18-20,24H,10-11,13H2,1-7H3/t18-,19+,20-,24+,27-/m0/s1. The molecule has 190 valence electrons. The Bertz CT molecular complexity index is 1090. The summed E-state index contributed by atoms with van der Waals surface area (Å²) < 4.78 is 23.0. The average Bonchev–Trinajstić information content (AvgIpc) is 3.20. The lowest BCUT2D eigenvalue weighted by molar-refractivity contribution is -0.189. The molecule has 0 saturated heterocycles. The molecule has 1 heterocycles. The molecule has 5 atom stereocenters. The predicted molar refractivity (Wildman–Crippen MR) is 126 cm³/mol. The van der Waals surface area contributed by atoms with Gasteiger partial charge in [0.1, 0.15) is 12.2 Å². The molecule has 2 aliphatic rings. The SMILES string of the molecule is CC=C(C)C(=O)OC[C@@H]1[C@@H](OC(=O)C(C)=CC)CC[C@H]2C(=O)c3occ(C)c3[C@@H](OC(C)=O)[C@]12C. The highest BCUT2D eigenvalue weighted by Crippen LogP contribution is 2.60. The first-order valence-electron chi connectivity index (χ1n) is 11.9. The molecular formula is C27H34O8. The molecule has 0 amide bonds. The monoisotopic (exact) mass is 486 g/mol. The topological polar surface area (TPSA) is 109 Å². The maximum absolute atomic E-state index is 13.6. The number of aryl methyl sites for hydroxylation is 1. The van der Waals surface area contributed by atoms with Crippen LogP contribution in [0.25, 0.3) is 0 Å². The summed E-state index contributed by atoms with van der Waals surface area (Å²) in [5.74, 6) is -2.67. The molecule has 35 heavy (non-hydrogen) atoms. The molecule has 8 nitrogen and oxygen atoms in total. The maximum atomic E-state index is 13.6. The smallest absolute Gasteiger partial charge is 0.333 e. The van der Waals surface area contributed by atoms with Crippen molar-refractivity contribution in [3.8, 4) is 0 Å². The molecule has 0 N–H and O–H groups in total. The Hall–Kier alpha value is -3.16. The van der Waals surface area contributed by atoms with Crippen LogP contribution in [0.15, 0.2) is 34.0 Å². The fraction of sp³-hybridized carbons (Fsp3) is 0.556. The average molecular weight is 487 g/mol. The zero-order valence-electron chi connectivity index (χ0n) is 21.4. The minimum Gasteiger partial charge on any atom is -0.462 e. The van der Waals surface area contributed by atoms with Crippen LogP contribution in [0.2, 0.25) is 0 Å². The number of allylic oxidation sites excluding steroid dienone is 2. The fourth-order valence-corrected chi connectivity index (χ4v) is 5.26. The zero-order chi connectivity index (χ0) is 26.1. The number of ketones is 1. The predicted octanol–water partition coefficient (Wildman–Crippen LogP) is 4.81. The number of rotatable bonds is 6. The molecule has 0 spiro atoms. The third-order valence-corrected chi connectivity index (χ3v) is 7.58. The number of carbonyl (C=O) groups is 4. The molecule has 0 unspecified atom stereocenters. The van der Waals surface area contributed by atoms with Crippen LogP contribution in [0.5, 0.6) is 0 Å². The normalized spacial score (nSPS) is 28.6. The van der Waals surface area contributed by atoms with Crippen molar-refractivity contribution in [2.45, 2.75) is 73.5 Å². The maximum Gasteiger partial charge on any atom is 0.333 e. The number of fused-ring (bicyclic) bond motifs is 2. The number of ether oxygens (including phenoxy) is 3. The summed E-state index contributed by atoms with van der Waals surface area (Å²) in [6.07, 6.45) is 4.08. The van der Waals surface area contributed by atoms with Gasteiger partial charge >= 0.3 is 17.9 Å². The molecule has 1 saturated carbocycles. The van der Waals surface area contributed by atoms with Crippen LogP contribution < -0.4 is 0 Å². The van der Waals surface area contributed by atoms with Crippen molar-refractivity contribution in [1.29, 1.82) is 0 Å². The van der Waals surface area contributed by atoms with Gasteiger partial charge in [0.15, 0.2) is 5.76 Å². The summed E-state index contributed by atoms with van der Waals surface area (Å²) in [5.41, 5.74) is 1.07. The van der Waals surface area contributed by atoms with Gasteiger partial charge < -0.3 is 18.6 Å². The van der Waals surface area contributed by atoms with Gasteiger partial charge in [-0.05, 0) is 53.0 Å². The molecule has 1 aromatic rings. The lowest BCUT2D eigenvalue weighted by Gasteiger charge is -2.54. The summed E-state index contributed by atoms with van der Waals surface area (Å²) >= 11 is 0. The van der Waals surface area contributed by atoms with Crippen molar-refractivity contribution in [2.24, 2.45) is 17.3 Å². The van der Waals surface area contributed by atoms with Gasteiger partial charge in [-0.1, -0.05) is 19.1 Å². The second-order valence-electron chi connectivity index (χ2n) is 9.60. The zero-order valence-corrected chi connectivity index (χ0v) is 21.4. The molecule has 1 fully saturated rings. The second-order valence-corrected chi connectivity index (χ2v) is 9.60. The van der Waals surface area contributed by atoms with Gasteiger partial charge in [0.05, 0.1) is 12.9 Å². The highest BCUT2D eigenvalue weighted by atomic mass is 16.6. The molecule has 8 heteroatoms. The van der Waals surface area contributed by atoms with Gasteiger partial charge in [-0.3, -0.25) is 9.59 Å². The first-order valence-corrected chi connectivity index (χ1v) is 11.9. The van der Waals surface area contributed by atoms with Crippen LogP contribution in [0, 0.1) is 24.2 Å². The highest BCUT2D eigenvalue weighted by molar-refractivity contribution is 5.99. The Morgan fingerprint density at radius 3 is 2.29 bits per heavy atom. The number of hydrogen-bond donors (Lipinski definition) is 0. The van der Waals surface area contributed by atoms with E-state index < -0.39 is 47.4 Å². The molecule has 3 rings (SSSR count). The minimum atomic E-state index is -1.01. The largest absolute Gasteiger partial charge is 0.462 e. The Kier molecular flexibility index (Phi) is 7.72. The van der Waals surface area contributed by atoms with Crippen molar-refractivity contribution >= 4 is 23.7 Å². The Labute approximate surface area is 205 Å². The van der Waals surface area contributed by atoms with Crippen molar-refractivity contribution < 1.29 is 37.8 Å². The number of Topliss-reactive ketones (excluding diaryl/α,β-unsaturated/α-hetero) is 1. The van der Waals surface area contributed by atoms with Crippen LogP contribution in [0.1, 0.15) is 82.2 Å². The Morgan fingerprint density at radius 1 is 1.06 bits per heavy atom. The quantitative estimate of drug-likeness (QED) is 0.320. The van der Waals surface area contributed by atoms with E-state index >= 15 is 0 Å². The van der Waals surface area contributed by atoms with E-state index in [9.17, 15) is 19.2 Å². The minimum absolute atomic E-state index is 0.110. The van der Waals surface area contributed by atoms with E-state index in [4.69, 9.17) is 18.6 Å². The number of carbonyl (C=O) groups excluding carboxylic acids is 4. The van der Waals surface area contributed by atoms with Crippen molar-refractivity contribution in [2.75, 3.05) is 6.61 Å². The molecule has 2 aliphatic carbocycles. The van der Waals surface area contributed by atoms with Gasteiger partial charge in [-0.25, -0.2) is 9.59 Å². The van der Waals surface area contributed by atoms with Crippen LogP contribution in [0.4, 0.5) is 0 Å². The lowest BCUT2D eigenvalue weighted by Crippen LogP contribution is -2.57. The van der Waals surface area contributed by atoms with Crippen molar-refractivity contribution in [3.05, 3.63) is 46.4 Å². The van der Waals surface area contributed by atoms with Crippen LogP contribution in [0.3, 0.4) is 0 Å². The Morgan fingerprint density at radius 2 is 1.69 bits per heavy atom. The van der Waals surface area contributed by atoms with Crippen molar-refractivity contribution in [1.82, 2.24) is 0 Å². The first kappa shape index (κ1) is 26.4. The van der Waals surface area contributed by atoms with Crippen LogP contribution in [-0.4, -0.2) is 36.4 Å². The number of esters is 3. The number of hydrogen-bond acceptors (Lipinski definition) is 8. The summed E-state index contributed by atoms with van der Waals surface area (Å²) in [4.78, 5) is 51.0. The van der Waals surface area contributed by atoms with Gasteiger partial charge in [-0.15, -0.1) is 0 Å². The molecule has 0 radical (unpaired) electrons. The summed E-state index contributed by atoms with van der Waals surface area (Å²) in [7, 11) is 0. The summed E-state index contributed by atoms with van der Waals surface area (Å²) in [6.45, 7) is 11.6. The summed E-state index contributed by atoms with van der Waals surface area (Å²) in [5, 5.41) is 0. The van der Waals surface area contributed by atoms with E-state index in [2.05, 4.69) is 0 Å². The molecule has 0 bridgehead atoms. The summed E-state index contributed by atoms with van der Waals surface area (Å²) in [6, 6.07) is 0. The number of furan rings is 1. The highest BCUT2D eigenvalue weighted by Gasteiger charge is 2.62. The van der Waals surface area contributed by atoms with E-state index in [1.807, 2.05) is 6.92 Å². The van der Waals surface area contributed by atoms with Crippen LogP contribution >= 0.6 is 0 Å². The third-order valence-electron chi connectivity index (χ3n) is 7.58.